The van der Waals surface area contributed by atoms with E-state index in [2.05, 4.69) is 44.6 Å². The van der Waals surface area contributed by atoms with Gasteiger partial charge < -0.3 is 10.1 Å². The molecule has 1 fully saturated rings. The summed E-state index contributed by atoms with van der Waals surface area (Å²) >= 11 is 0. The number of aromatic nitrogens is 2. The van der Waals surface area contributed by atoms with E-state index >= 15 is 0 Å². The quantitative estimate of drug-likeness (QED) is 0.839. The van der Waals surface area contributed by atoms with Gasteiger partial charge in [0.2, 0.25) is 0 Å². The van der Waals surface area contributed by atoms with Gasteiger partial charge >= 0.3 is 0 Å². The van der Waals surface area contributed by atoms with Crippen molar-refractivity contribution in [3.8, 4) is 0 Å². The molecule has 2 unspecified atom stereocenters. The summed E-state index contributed by atoms with van der Waals surface area (Å²) in [5, 5.41) is 8.40. The number of nitrogens with zero attached hydrogens (tertiary/aromatic N) is 2. The molecular formula is C17H31N3O. The lowest BCUT2D eigenvalue weighted by molar-refractivity contribution is 0.0431. The van der Waals surface area contributed by atoms with Crippen molar-refractivity contribution in [3.63, 3.8) is 0 Å². The van der Waals surface area contributed by atoms with Crippen LogP contribution in [-0.4, -0.2) is 28.0 Å². The Kier molecular flexibility index (Phi) is 5.82. The van der Waals surface area contributed by atoms with Gasteiger partial charge in [0.05, 0.1) is 24.4 Å². The van der Waals surface area contributed by atoms with E-state index in [-0.39, 0.29) is 0 Å². The van der Waals surface area contributed by atoms with E-state index in [0.29, 0.717) is 18.2 Å². The number of aryl methyl sites for hydroxylation is 1. The minimum absolute atomic E-state index is 0.334. The van der Waals surface area contributed by atoms with Crippen LogP contribution >= 0.6 is 0 Å². The first kappa shape index (κ1) is 16.5. The van der Waals surface area contributed by atoms with Crippen molar-refractivity contribution in [2.75, 3.05) is 0 Å². The van der Waals surface area contributed by atoms with E-state index in [0.717, 1.165) is 32.4 Å². The van der Waals surface area contributed by atoms with Gasteiger partial charge in [-0.2, -0.15) is 5.10 Å². The lowest BCUT2D eigenvalue weighted by Crippen LogP contribution is -2.23. The zero-order chi connectivity index (χ0) is 15.4. The molecule has 1 aliphatic heterocycles. The van der Waals surface area contributed by atoms with Crippen LogP contribution in [0.5, 0.6) is 0 Å². The molecule has 1 aromatic rings. The molecule has 0 saturated carbocycles. The molecule has 0 aliphatic carbocycles. The second kappa shape index (κ2) is 7.41. The van der Waals surface area contributed by atoms with Gasteiger partial charge in [0, 0.05) is 23.8 Å². The maximum atomic E-state index is 5.97. The van der Waals surface area contributed by atoms with E-state index in [9.17, 15) is 0 Å². The molecule has 21 heavy (non-hydrogen) atoms. The summed E-state index contributed by atoms with van der Waals surface area (Å²) in [6.45, 7) is 12.8. The molecule has 0 radical (unpaired) electrons. The lowest BCUT2D eigenvalue weighted by atomic mass is 10.1. The van der Waals surface area contributed by atoms with Gasteiger partial charge in [-0.15, -0.1) is 0 Å². The molecule has 2 heterocycles. The maximum absolute atomic E-state index is 5.97. The molecule has 1 saturated heterocycles. The average molecular weight is 293 g/mol. The third-order valence-corrected chi connectivity index (χ3v) is 4.30. The highest BCUT2D eigenvalue weighted by atomic mass is 16.5. The van der Waals surface area contributed by atoms with E-state index < -0.39 is 0 Å². The molecule has 2 atom stereocenters. The predicted octanol–water partition coefficient (Wildman–Crippen LogP) is 3.07. The average Bonchev–Trinajstić information content (AvgIpc) is 3.00. The maximum Gasteiger partial charge on any atom is 0.0775 e. The highest BCUT2D eigenvalue weighted by Crippen LogP contribution is 2.23. The van der Waals surface area contributed by atoms with Crippen LogP contribution in [0.15, 0.2) is 0 Å². The summed E-state index contributed by atoms with van der Waals surface area (Å²) in [5.41, 5.74) is 4.02. The first-order chi connectivity index (χ1) is 10.0. The Balaban J connectivity index is 2.16. The molecule has 1 aromatic heterocycles. The molecular weight excluding hydrogens is 262 g/mol. The van der Waals surface area contributed by atoms with Crippen LogP contribution < -0.4 is 5.32 Å². The molecule has 0 amide bonds. The van der Waals surface area contributed by atoms with E-state index in [4.69, 9.17) is 9.84 Å². The lowest BCUT2D eigenvalue weighted by Gasteiger charge is -2.14. The minimum Gasteiger partial charge on any atom is -0.373 e. The Morgan fingerprint density at radius 3 is 2.57 bits per heavy atom. The van der Waals surface area contributed by atoms with Gasteiger partial charge in [0.25, 0.3) is 0 Å². The smallest absolute Gasteiger partial charge is 0.0775 e. The molecule has 1 N–H and O–H groups in total. The fraction of sp³-hybridized carbons (Fsp3) is 0.824. The van der Waals surface area contributed by atoms with Crippen molar-refractivity contribution in [2.24, 2.45) is 0 Å². The Labute approximate surface area is 129 Å². The zero-order valence-electron chi connectivity index (χ0n) is 14.3. The summed E-state index contributed by atoms with van der Waals surface area (Å²) in [7, 11) is 0. The number of rotatable bonds is 7. The highest BCUT2D eigenvalue weighted by Gasteiger charge is 2.24. The van der Waals surface area contributed by atoms with Crippen molar-refractivity contribution < 1.29 is 4.74 Å². The first-order valence-electron chi connectivity index (χ1n) is 8.51. The third-order valence-electron chi connectivity index (χ3n) is 4.30. The standard InChI is InChI=1S/C17H31N3O/c1-6-16-15(10-18-12(3)4)17(7-2)20(19-16)11-14-9-8-13(5)21-14/h12-14,18H,6-11H2,1-5H3. The Hall–Kier alpha value is -0.870. The summed E-state index contributed by atoms with van der Waals surface area (Å²) in [4.78, 5) is 0. The fourth-order valence-electron chi connectivity index (χ4n) is 3.14. The van der Waals surface area contributed by atoms with E-state index in [1.54, 1.807) is 0 Å². The molecule has 0 aromatic carbocycles. The van der Waals surface area contributed by atoms with Crippen molar-refractivity contribution in [1.82, 2.24) is 15.1 Å². The van der Waals surface area contributed by atoms with Crippen molar-refractivity contribution in [3.05, 3.63) is 17.0 Å². The van der Waals surface area contributed by atoms with Crippen molar-refractivity contribution >= 4 is 0 Å². The Morgan fingerprint density at radius 2 is 2.05 bits per heavy atom. The fourth-order valence-corrected chi connectivity index (χ4v) is 3.14. The molecule has 1 aliphatic rings. The number of ether oxygens (including phenoxy) is 1. The van der Waals surface area contributed by atoms with Gasteiger partial charge in [0.1, 0.15) is 0 Å². The van der Waals surface area contributed by atoms with Crippen LogP contribution in [0.2, 0.25) is 0 Å². The van der Waals surface area contributed by atoms with Crippen LogP contribution in [-0.2, 0) is 30.7 Å². The van der Waals surface area contributed by atoms with Crippen LogP contribution in [0.3, 0.4) is 0 Å². The van der Waals surface area contributed by atoms with Gasteiger partial charge in [0.15, 0.2) is 0 Å². The molecule has 4 heteroatoms. The van der Waals surface area contributed by atoms with E-state index in [1.807, 2.05) is 0 Å². The van der Waals surface area contributed by atoms with Crippen LogP contribution in [0.25, 0.3) is 0 Å². The normalized spacial score (nSPS) is 22.4. The Bertz CT molecular complexity index is 453. The Morgan fingerprint density at radius 1 is 1.29 bits per heavy atom. The molecule has 0 spiro atoms. The van der Waals surface area contributed by atoms with Gasteiger partial charge in [-0.25, -0.2) is 0 Å². The number of hydrogen-bond donors (Lipinski definition) is 1. The number of hydrogen-bond acceptors (Lipinski definition) is 3. The second-order valence-electron chi connectivity index (χ2n) is 6.44. The molecule has 120 valence electrons. The van der Waals surface area contributed by atoms with Crippen molar-refractivity contribution in [1.29, 1.82) is 0 Å². The van der Waals surface area contributed by atoms with E-state index in [1.165, 1.54) is 23.4 Å². The predicted molar refractivity (Wildman–Crippen MR) is 86.5 cm³/mol. The summed E-state index contributed by atoms with van der Waals surface area (Å²) in [6.07, 6.45) is 5.10. The number of nitrogens with one attached hydrogen (secondary N) is 1. The summed E-state index contributed by atoms with van der Waals surface area (Å²) in [6, 6.07) is 0.502. The molecule has 4 nitrogen and oxygen atoms in total. The SMILES string of the molecule is CCc1nn(CC2CCC(C)O2)c(CC)c1CNC(C)C. The van der Waals surface area contributed by atoms with Gasteiger partial charge in [-0.3, -0.25) is 4.68 Å². The van der Waals surface area contributed by atoms with Crippen LogP contribution in [0.4, 0.5) is 0 Å². The highest BCUT2D eigenvalue weighted by molar-refractivity contribution is 5.27. The van der Waals surface area contributed by atoms with Crippen molar-refractivity contribution in [2.45, 2.75) is 91.6 Å². The second-order valence-corrected chi connectivity index (χ2v) is 6.44. The van der Waals surface area contributed by atoms with Crippen LogP contribution in [0.1, 0.15) is 64.4 Å². The monoisotopic (exact) mass is 293 g/mol. The zero-order valence-corrected chi connectivity index (χ0v) is 14.3. The minimum atomic E-state index is 0.334. The third kappa shape index (κ3) is 4.07. The molecule has 2 rings (SSSR count). The van der Waals surface area contributed by atoms with Gasteiger partial charge in [-0.05, 0) is 32.6 Å². The topological polar surface area (TPSA) is 39.1 Å². The first-order valence-corrected chi connectivity index (χ1v) is 8.51. The molecule has 0 bridgehead atoms. The van der Waals surface area contributed by atoms with Gasteiger partial charge in [-0.1, -0.05) is 27.7 Å². The summed E-state index contributed by atoms with van der Waals surface area (Å²) < 4.78 is 8.18. The largest absolute Gasteiger partial charge is 0.373 e. The summed E-state index contributed by atoms with van der Waals surface area (Å²) in [5.74, 6) is 0. The van der Waals surface area contributed by atoms with Crippen LogP contribution in [0, 0.1) is 0 Å².